The van der Waals surface area contributed by atoms with Crippen LogP contribution in [-0.2, 0) is 14.3 Å². The van der Waals surface area contributed by atoms with Gasteiger partial charge in [-0.15, -0.1) is 6.58 Å². The Kier molecular flexibility index (Phi) is 8.82. The monoisotopic (exact) mass is 243 g/mol. The smallest absolute Gasteiger partial charge is 0.407 e. The minimum absolute atomic E-state index is 0.261. The summed E-state index contributed by atoms with van der Waals surface area (Å²) < 4.78 is 9.72. The number of carbonyl (C=O) groups excluding carboxylic acids is 2. The molecular weight excluding hydrogens is 222 g/mol. The summed E-state index contributed by atoms with van der Waals surface area (Å²) in [5.41, 5.74) is 0. The van der Waals surface area contributed by atoms with Crippen molar-refractivity contribution in [3.05, 3.63) is 12.7 Å². The van der Waals surface area contributed by atoms with Crippen LogP contribution in [0, 0.1) is 0 Å². The van der Waals surface area contributed by atoms with Crippen LogP contribution in [0.15, 0.2) is 12.7 Å². The molecular formula is C12H21NO4. The second-order valence-corrected chi connectivity index (χ2v) is 3.46. The summed E-state index contributed by atoms with van der Waals surface area (Å²) >= 11 is 0. The third-order valence-electron chi connectivity index (χ3n) is 2.00. The second kappa shape index (κ2) is 9.69. The van der Waals surface area contributed by atoms with Gasteiger partial charge >= 0.3 is 12.1 Å². The van der Waals surface area contributed by atoms with Gasteiger partial charge in [-0.2, -0.15) is 0 Å². The zero-order valence-electron chi connectivity index (χ0n) is 10.5. The van der Waals surface area contributed by atoms with Gasteiger partial charge in [-0.1, -0.05) is 19.4 Å². The largest absolute Gasteiger partial charge is 0.464 e. The van der Waals surface area contributed by atoms with E-state index in [1.165, 1.54) is 0 Å². The van der Waals surface area contributed by atoms with Crippen LogP contribution < -0.4 is 5.32 Å². The van der Waals surface area contributed by atoms with Crippen LogP contribution in [0.1, 0.15) is 33.1 Å². The molecule has 5 nitrogen and oxygen atoms in total. The number of rotatable bonds is 8. The first kappa shape index (κ1) is 15.5. The molecule has 0 aromatic carbocycles. The molecule has 98 valence electrons. The van der Waals surface area contributed by atoms with Crippen LogP contribution in [0.3, 0.4) is 0 Å². The highest BCUT2D eigenvalue weighted by Gasteiger charge is 2.21. The van der Waals surface area contributed by atoms with Crippen molar-refractivity contribution in [1.82, 2.24) is 5.32 Å². The predicted molar refractivity (Wildman–Crippen MR) is 64.6 cm³/mol. The van der Waals surface area contributed by atoms with Crippen molar-refractivity contribution < 1.29 is 19.1 Å². The van der Waals surface area contributed by atoms with Gasteiger partial charge in [0.25, 0.3) is 0 Å². The number of unbranched alkanes of at least 4 members (excludes halogenated alkanes) is 1. The van der Waals surface area contributed by atoms with Gasteiger partial charge in [0.05, 0.1) is 13.2 Å². The molecule has 1 amide bonds. The maximum atomic E-state index is 11.6. The van der Waals surface area contributed by atoms with E-state index in [-0.39, 0.29) is 6.61 Å². The number of nitrogens with one attached hydrogen (secondary N) is 1. The molecule has 0 bridgehead atoms. The van der Waals surface area contributed by atoms with Gasteiger partial charge in [-0.05, 0) is 19.8 Å². The van der Waals surface area contributed by atoms with Crippen molar-refractivity contribution in [2.75, 3.05) is 13.2 Å². The number of ether oxygens (including phenoxy) is 2. The average Bonchev–Trinajstić information content (AvgIpc) is 2.29. The van der Waals surface area contributed by atoms with Gasteiger partial charge in [0, 0.05) is 0 Å². The molecule has 0 aromatic rings. The summed E-state index contributed by atoms with van der Waals surface area (Å²) in [5, 5.41) is 2.44. The maximum absolute atomic E-state index is 11.6. The number of esters is 1. The van der Waals surface area contributed by atoms with Crippen molar-refractivity contribution in [2.45, 2.75) is 39.2 Å². The average molecular weight is 243 g/mol. The fourth-order valence-electron chi connectivity index (χ4n) is 1.11. The fourth-order valence-corrected chi connectivity index (χ4v) is 1.11. The van der Waals surface area contributed by atoms with Crippen molar-refractivity contribution in [3.63, 3.8) is 0 Å². The normalized spacial score (nSPS) is 11.4. The van der Waals surface area contributed by atoms with E-state index in [2.05, 4.69) is 11.9 Å². The Labute approximate surface area is 102 Å². The van der Waals surface area contributed by atoms with E-state index in [1.54, 1.807) is 13.0 Å². The Bertz CT molecular complexity index is 253. The molecule has 0 rings (SSSR count). The SMILES string of the molecule is C=CCC(NC(=O)OCC)C(=O)OCCCC. The molecule has 0 aliphatic rings. The number of hydrogen-bond donors (Lipinski definition) is 1. The van der Waals surface area contributed by atoms with Crippen molar-refractivity contribution in [1.29, 1.82) is 0 Å². The molecule has 1 N–H and O–H groups in total. The topological polar surface area (TPSA) is 64.6 Å². The van der Waals surface area contributed by atoms with Crippen molar-refractivity contribution in [3.8, 4) is 0 Å². The van der Waals surface area contributed by atoms with E-state index in [9.17, 15) is 9.59 Å². The Hall–Kier alpha value is -1.52. The molecule has 0 heterocycles. The molecule has 0 aliphatic heterocycles. The summed E-state index contributed by atoms with van der Waals surface area (Å²) in [6.07, 6.45) is 3.02. The molecule has 1 atom stereocenters. The maximum Gasteiger partial charge on any atom is 0.407 e. The molecule has 0 aliphatic carbocycles. The zero-order chi connectivity index (χ0) is 13.1. The Balaban J connectivity index is 4.15. The minimum Gasteiger partial charge on any atom is -0.464 e. The summed E-state index contributed by atoms with van der Waals surface area (Å²) in [7, 11) is 0. The number of alkyl carbamates (subject to hydrolysis) is 1. The summed E-state index contributed by atoms with van der Waals surface area (Å²) in [6, 6.07) is -0.719. The zero-order valence-corrected chi connectivity index (χ0v) is 10.5. The van der Waals surface area contributed by atoms with E-state index in [4.69, 9.17) is 9.47 Å². The van der Waals surface area contributed by atoms with E-state index < -0.39 is 18.1 Å². The lowest BCUT2D eigenvalue weighted by molar-refractivity contribution is -0.146. The molecule has 1 unspecified atom stereocenters. The number of amides is 1. The van der Waals surface area contributed by atoms with Gasteiger partial charge in [0.1, 0.15) is 6.04 Å². The van der Waals surface area contributed by atoms with Gasteiger partial charge in [0.2, 0.25) is 0 Å². The Morgan fingerprint density at radius 3 is 2.59 bits per heavy atom. The van der Waals surface area contributed by atoms with E-state index in [0.717, 1.165) is 12.8 Å². The molecule has 0 radical (unpaired) electrons. The van der Waals surface area contributed by atoms with E-state index >= 15 is 0 Å². The second-order valence-electron chi connectivity index (χ2n) is 3.46. The van der Waals surface area contributed by atoms with Gasteiger partial charge < -0.3 is 14.8 Å². The fraction of sp³-hybridized carbons (Fsp3) is 0.667. The van der Waals surface area contributed by atoms with Crippen LogP contribution >= 0.6 is 0 Å². The standard InChI is InChI=1S/C12H21NO4/c1-4-7-9-17-11(14)10(8-5-2)13-12(15)16-6-3/h5,10H,2,4,6-9H2,1,3H3,(H,13,15). The highest BCUT2D eigenvalue weighted by Crippen LogP contribution is 1.99. The first-order chi connectivity index (χ1) is 8.15. The van der Waals surface area contributed by atoms with Gasteiger partial charge in [0.15, 0.2) is 0 Å². The molecule has 5 heteroatoms. The molecule has 0 aromatic heterocycles. The molecule has 0 fully saturated rings. The quantitative estimate of drug-likeness (QED) is 0.402. The Morgan fingerprint density at radius 1 is 1.35 bits per heavy atom. The first-order valence-corrected chi connectivity index (χ1v) is 5.86. The summed E-state index contributed by atoms with van der Waals surface area (Å²) in [4.78, 5) is 22.8. The minimum atomic E-state index is -0.719. The Morgan fingerprint density at radius 2 is 2.06 bits per heavy atom. The summed E-state index contributed by atoms with van der Waals surface area (Å²) in [6.45, 7) is 7.86. The lowest BCUT2D eigenvalue weighted by Gasteiger charge is -2.15. The van der Waals surface area contributed by atoms with Gasteiger partial charge in [-0.3, -0.25) is 0 Å². The van der Waals surface area contributed by atoms with Crippen LogP contribution in [0.5, 0.6) is 0 Å². The first-order valence-electron chi connectivity index (χ1n) is 5.86. The van der Waals surface area contributed by atoms with Crippen LogP contribution in [0.25, 0.3) is 0 Å². The van der Waals surface area contributed by atoms with Crippen molar-refractivity contribution >= 4 is 12.1 Å². The number of carbonyl (C=O) groups is 2. The van der Waals surface area contributed by atoms with Crippen LogP contribution in [0.4, 0.5) is 4.79 Å². The number of hydrogen-bond acceptors (Lipinski definition) is 4. The van der Waals surface area contributed by atoms with Crippen LogP contribution in [-0.4, -0.2) is 31.3 Å². The van der Waals surface area contributed by atoms with Crippen molar-refractivity contribution in [2.24, 2.45) is 0 Å². The third kappa shape index (κ3) is 7.38. The third-order valence-corrected chi connectivity index (χ3v) is 2.00. The van der Waals surface area contributed by atoms with E-state index in [0.29, 0.717) is 13.0 Å². The molecule has 0 spiro atoms. The highest BCUT2D eigenvalue weighted by molar-refractivity contribution is 5.81. The molecule has 0 saturated heterocycles. The molecule has 0 saturated carbocycles. The van der Waals surface area contributed by atoms with E-state index in [1.807, 2.05) is 6.92 Å². The predicted octanol–water partition coefficient (Wildman–Crippen LogP) is 2.02. The summed E-state index contributed by atoms with van der Waals surface area (Å²) in [5.74, 6) is -0.452. The highest BCUT2D eigenvalue weighted by atomic mass is 16.6. The van der Waals surface area contributed by atoms with Gasteiger partial charge in [-0.25, -0.2) is 9.59 Å². The van der Waals surface area contributed by atoms with Crippen LogP contribution in [0.2, 0.25) is 0 Å². The lowest BCUT2D eigenvalue weighted by Crippen LogP contribution is -2.41. The lowest BCUT2D eigenvalue weighted by atomic mass is 10.2. The molecule has 17 heavy (non-hydrogen) atoms.